The van der Waals surface area contributed by atoms with Crippen LogP contribution < -0.4 is 10.9 Å². The van der Waals surface area contributed by atoms with Crippen molar-refractivity contribution < 1.29 is 26.8 Å². The molecule has 0 aromatic rings. The Bertz CT molecular complexity index is 631. The number of fused-ring (bicyclic) bond motifs is 3. The van der Waals surface area contributed by atoms with Gasteiger partial charge in [-0.3, -0.25) is 14.8 Å². The molecule has 130 valence electrons. The monoisotopic (exact) mass is 348 g/mol. The molecule has 0 aromatic heterocycles. The zero-order valence-corrected chi connectivity index (χ0v) is 13.7. The van der Waals surface area contributed by atoms with E-state index in [1.54, 1.807) is 0 Å². The van der Waals surface area contributed by atoms with Crippen LogP contribution in [-0.2, 0) is 19.5 Å². The van der Waals surface area contributed by atoms with E-state index in [0.717, 1.165) is 12.8 Å². The minimum atomic E-state index is -4.80. The zero-order valence-electron chi connectivity index (χ0n) is 12.9. The van der Waals surface area contributed by atoms with E-state index >= 15 is 0 Å². The SMILES string of the molecule is CC(C)NNC(=O)C1CC2(CC2)C2CN1C(=O)N2OS(=O)(=O)O. The summed E-state index contributed by atoms with van der Waals surface area (Å²) in [5.74, 6) is -0.342. The standard InChI is InChI=1S/C12H20N4O6S/c1-7(2)13-14-10(17)8-5-12(3-4-12)9-6-15(8)11(18)16(9)22-23(19,20)21/h7-9,13H,3-6H2,1-2H3,(H,14,17)(H,19,20,21). The molecule has 0 aromatic carbocycles. The number of urea groups is 1. The van der Waals surface area contributed by atoms with Crippen molar-refractivity contribution in [3.63, 3.8) is 0 Å². The van der Waals surface area contributed by atoms with Gasteiger partial charge in [0, 0.05) is 12.6 Å². The van der Waals surface area contributed by atoms with Gasteiger partial charge in [0.25, 0.3) is 5.91 Å². The minimum absolute atomic E-state index is 0.0406. The molecule has 1 saturated carbocycles. The second-order valence-electron chi connectivity index (χ2n) is 6.65. The predicted molar refractivity (Wildman–Crippen MR) is 76.8 cm³/mol. The molecule has 11 heteroatoms. The molecule has 2 atom stereocenters. The summed E-state index contributed by atoms with van der Waals surface area (Å²) in [6, 6.07) is -1.85. The van der Waals surface area contributed by atoms with Gasteiger partial charge in [-0.1, -0.05) is 0 Å². The molecule has 2 heterocycles. The molecule has 1 spiro atoms. The van der Waals surface area contributed by atoms with E-state index in [0.29, 0.717) is 11.5 Å². The summed E-state index contributed by atoms with van der Waals surface area (Å²) in [7, 11) is -4.80. The van der Waals surface area contributed by atoms with E-state index < -0.39 is 28.5 Å². The highest BCUT2D eigenvalue weighted by atomic mass is 32.3. The van der Waals surface area contributed by atoms with Crippen molar-refractivity contribution in [2.45, 2.75) is 51.2 Å². The van der Waals surface area contributed by atoms with Crippen LogP contribution in [0.4, 0.5) is 4.79 Å². The van der Waals surface area contributed by atoms with Crippen LogP contribution in [0.5, 0.6) is 0 Å². The number of carbonyl (C=O) groups excluding carboxylic acids is 2. The number of nitrogens with one attached hydrogen (secondary N) is 2. The first kappa shape index (κ1) is 16.4. The lowest BCUT2D eigenvalue weighted by Gasteiger charge is -2.35. The smallest absolute Gasteiger partial charge is 0.309 e. The van der Waals surface area contributed by atoms with Crippen LogP contribution >= 0.6 is 0 Å². The summed E-state index contributed by atoms with van der Waals surface area (Å²) in [6.07, 6.45) is 2.01. The lowest BCUT2D eigenvalue weighted by atomic mass is 9.85. The molecule has 2 unspecified atom stereocenters. The van der Waals surface area contributed by atoms with Crippen molar-refractivity contribution >= 4 is 22.3 Å². The van der Waals surface area contributed by atoms with Crippen LogP contribution in [0.25, 0.3) is 0 Å². The molecule has 3 N–H and O–H groups in total. The second kappa shape index (κ2) is 5.30. The van der Waals surface area contributed by atoms with Gasteiger partial charge in [-0.25, -0.2) is 10.2 Å². The van der Waals surface area contributed by atoms with Crippen molar-refractivity contribution in [1.29, 1.82) is 0 Å². The number of hydrazine groups is 1. The number of rotatable bonds is 5. The maximum absolute atomic E-state index is 12.4. The van der Waals surface area contributed by atoms with Crippen molar-refractivity contribution in [2.75, 3.05) is 6.54 Å². The molecular formula is C12H20N4O6S. The Morgan fingerprint density at radius 1 is 1.43 bits per heavy atom. The van der Waals surface area contributed by atoms with Gasteiger partial charge in [0.15, 0.2) is 0 Å². The Kier molecular flexibility index (Phi) is 3.78. The highest BCUT2D eigenvalue weighted by molar-refractivity contribution is 7.80. The average molecular weight is 348 g/mol. The highest BCUT2D eigenvalue weighted by Crippen LogP contribution is 2.59. The van der Waals surface area contributed by atoms with Crippen molar-refractivity contribution in [2.24, 2.45) is 5.41 Å². The Labute approximate surface area is 134 Å². The molecule has 3 rings (SSSR count). The third-order valence-electron chi connectivity index (χ3n) is 4.62. The largest absolute Gasteiger partial charge is 0.418 e. The van der Waals surface area contributed by atoms with E-state index in [9.17, 15) is 18.0 Å². The normalized spacial score (nSPS) is 28.6. The van der Waals surface area contributed by atoms with Crippen molar-refractivity contribution in [1.82, 2.24) is 20.8 Å². The van der Waals surface area contributed by atoms with E-state index in [-0.39, 0.29) is 23.9 Å². The first-order chi connectivity index (χ1) is 10.6. The van der Waals surface area contributed by atoms with Gasteiger partial charge < -0.3 is 4.90 Å². The van der Waals surface area contributed by atoms with Crippen LogP contribution in [0.3, 0.4) is 0 Å². The fourth-order valence-corrected chi connectivity index (χ4v) is 3.72. The van der Waals surface area contributed by atoms with Gasteiger partial charge in [-0.15, -0.1) is 4.28 Å². The first-order valence-electron chi connectivity index (χ1n) is 7.45. The Hall–Kier alpha value is -1.43. The number of carbonyl (C=O) groups is 2. The Morgan fingerprint density at radius 3 is 2.61 bits per heavy atom. The molecular weight excluding hydrogens is 328 g/mol. The van der Waals surface area contributed by atoms with Gasteiger partial charge in [-0.05, 0) is 38.5 Å². The predicted octanol–water partition coefficient (Wildman–Crippen LogP) is -0.591. The number of piperidine rings is 1. The quantitative estimate of drug-likeness (QED) is 0.447. The van der Waals surface area contributed by atoms with Crippen LogP contribution in [0.15, 0.2) is 0 Å². The molecule has 3 amide bonds. The molecule has 2 saturated heterocycles. The summed E-state index contributed by atoms with van der Waals surface area (Å²) in [5, 5.41) is 0.700. The van der Waals surface area contributed by atoms with Crippen LogP contribution in [0.2, 0.25) is 0 Å². The number of hydrogen-bond donors (Lipinski definition) is 3. The molecule has 23 heavy (non-hydrogen) atoms. The molecule has 1 aliphatic carbocycles. The third-order valence-corrected chi connectivity index (χ3v) is 4.97. The van der Waals surface area contributed by atoms with E-state index in [4.69, 9.17) is 4.55 Å². The van der Waals surface area contributed by atoms with Crippen molar-refractivity contribution in [3.8, 4) is 0 Å². The van der Waals surface area contributed by atoms with Crippen molar-refractivity contribution in [3.05, 3.63) is 0 Å². The molecule has 3 aliphatic rings. The van der Waals surface area contributed by atoms with Gasteiger partial charge in [0.05, 0.1) is 6.04 Å². The zero-order chi connectivity index (χ0) is 17.0. The summed E-state index contributed by atoms with van der Waals surface area (Å²) < 4.78 is 35.3. The molecule has 10 nitrogen and oxygen atoms in total. The summed E-state index contributed by atoms with van der Waals surface area (Å²) in [4.78, 5) is 26.0. The van der Waals surface area contributed by atoms with Gasteiger partial charge in [0.1, 0.15) is 6.04 Å². The second-order valence-corrected chi connectivity index (χ2v) is 7.65. The third kappa shape index (κ3) is 3.01. The van der Waals surface area contributed by atoms with Gasteiger partial charge in [0.2, 0.25) is 0 Å². The molecule has 2 bridgehead atoms. The van der Waals surface area contributed by atoms with E-state index in [2.05, 4.69) is 15.1 Å². The maximum Gasteiger partial charge on any atom is 0.418 e. The topological polar surface area (TPSA) is 128 Å². The fraction of sp³-hybridized carbons (Fsp3) is 0.833. The maximum atomic E-state index is 12.4. The van der Waals surface area contributed by atoms with Gasteiger partial charge in [-0.2, -0.15) is 13.5 Å². The van der Waals surface area contributed by atoms with Gasteiger partial charge >= 0.3 is 16.4 Å². The van der Waals surface area contributed by atoms with Crippen LogP contribution in [-0.4, -0.2) is 59.5 Å². The molecule has 0 radical (unpaired) electrons. The summed E-state index contributed by atoms with van der Waals surface area (Å²) >= 11 is 0. The summed E-state index contributed by atoms with van der Waals surface area (Å²) in [6.45, 7) is 3.93. The average Bonchev–Trinajstić information content (AvgIpc) is 3.15. The molecule has 2 aliphatic heterocycles. The van der Waals surface area contributed by atoms with Crippen LogP contribution in [0.1, 0.15) is 33.1 Å². The van der Waals surface area contributed by atoms with E-state index in [1.807, 2.05) is 13.8 Å². The number of hydrogen-bond acceptors (Lipinski definition) is 6. The minimum Gasteiger partial charge on any atom is -0.309 e. The Balaban J connectivity index is 1.80. The lowest BCUT2D eigenvalue weighted by Crippen LogP contribution is -2.56. The lowest BCUT2D eigenvalue weighted by molar-refractivity contribution is -0.128. The fourth-order valence-electron chi connectivity index (χ4n) is 3.35. The Morgan fingerprint density at radius 2 is 2.09 bits per heavy atom. The van der Waals surface area contributed by atoms with E-state index in [1.165, 1.54) is 4.90 Å². The first-order valence-corrected chi connectivity index (χ1v) is 8.82. The number of nitrogens with zero attached hydrogens (tertiary/aromatic N) is 2. The molecule has 3 fully saturated rings. The number of hydroxylamine groups is 2. The van der Waals surface area contributed by atoms with Crippen LogP contribution in [0, 0.1) is 5.41 Å². The highest BCUT2D eigenvalue weighted by Gasteiger charge is 2.65. The number of amides is 3. The summed E-state index contributed by atoms with van der Waals surface area (Å²) in [5.41, 5.74) is 5.04.